The van der Waals surface area contributed by atoms with E-state index < -0.39 is 5.97 Å². The van der Waals surface area contributed by atoms with Gasteiger partial charge in [0.15, 0.2) is 0 Å². The van der Waals surface area contributed by atoms with Gasteiger partial charge in [-0.15, -0.1) is 0 Å². The van der Waals surface area contributed by atoms with E-state index in [2.05, 4.69) is 5.32 Å². The van der Waals surface area contributed by atoms with E-state index in [1.165, 1.54) is 0 Å². The maximum absolute atomic E-state index is 11.7. The molecule has 0 atom stereocenters. The molecule has 0 aromatic rings. The first-order valence-electron chi connectivity index (χ1n) is 6.55. The highest BCUT2D eigenvalue weighted by molar-refractivity contribution is 5.75. The van der Waals surface area contributed by atoms with Gasteiger partial charge in [-0.1, -0.05) is 13.8 Å². The normalized spacial score (nSPS) is 9.26. The third-order valence-corrected chi connectivity index (χ3v) is 2.10. The summed E-state index contributed by atoms with van der Waals surface area (Å²) in [4.78, 5) is 23.5. The standard InChI is InChI=1S/C10H21N3O4.C2H6/c1-17-8-7-13(6-2-4-11)10(16)12-5-3-9(14)15;1-2/h2-8,11H2,1H3,(H,12,16)(H,14,15);1-2H3. The van der Waals surface area contributed by atoms with E-state index in [1.807, 2.05) is 13.8 Å². The Morgan fingerprint density at radius 3 is 2.42 bits per heavy atom. The average molecular weight is 277 g/mol. The Morgan fingerprint density at radius 2 is 1.95 bits per heavy atom. The van der Waals surface area contributed by atoms with Crippen molar-refractivity contribution >= 4 is 12.0 Å². The number of carbonyl (C=O) groups excluding carboxylic acids is 1. The van der Waals surface area contributed by atoms with Gasteiger partial charge in [0.1, 0.15) is 0 Å². The highest BCUT2D eigenvalue weighted by Gasteiger charge is 2.12. The fraction of sp³-hybridized carbons (Fsp3) is 0.833. The maximum Gasteiger partial charge on any atom is 0.317 e. The van der Waals surface area contributed by atoms with E-state index >= 15 is 0 Å². The lowest BCUT2D eigenvalue weighted by Crippen LogP contribution is -2.43. The van der Waals surface area contributed by atoms with E-state index in [9.17, 15) is 9.59 Å². The number of ether oxygens (including phenoxy) is 1. The van der Waals surface area contributed by atoms with Gasteiger partial charge in [-0.05, 0) is 13.0 Å². The number of carbonyl (C=O) groups is 2. The molecular weight excluding hydrogens is 250 g/mol. The predicted octanol–water partition coefficient (Wildman–Crippen LogP) is 0.494. The molecule has 0 bridgehead atoms. The van der Waals surface area contributed by atoms with Crippen LogP contribution in [0.2, 0.25) is 0 Å². The number of nitrogens with zero attached hydrogens (tertiary/aromatic N) is 1. The minimum atomic E-state index is -0.935. The van der Waals surface area contributed by atoms with Crippen LogP contribution >= 0.6 is 0 Å². The second-order valence-corrected chi connectivity index (χ2v) is 3.50. The van der Waals surface area contributed by atoms with Gasteiger partial charge in [-0.25, -0.2) is 4.79 Å². The van der Waals surface area contributed by atoms with Gasteiger partial charge in [-0.2, -0.15) is 0 Å². The summed E-state index contributed by atoms with van der Waals surface area (Å²) >= 11 is 0. The molecule has 0 unspecified atom stereocenters. The van der Waals surface area contributed by atoms with Crippen LogP contribution in [0.1, 0.15) is 26.7 Å². The molecule has 0 aliphatic carbocycles. The summed E-state index contributed by atoms with van der Waals surface area (Å²) < 4.78 is 4.90. The van der Waals surface area contributed by atoms with Gasteiger partial charge in [0.2, 0.25) is 0 Å². The first-order chi connectivity index (χ1) is 9.11. The molecule has 0 saturated heterocycles. The molecule has 7 nitrogen and oxygen atoms in total. The molecule has 0 heterocycles. The molecule has 114 valence electrons. The van der Waals surface area contributed by atoms with Crippen molar-refractivity contribution in [1.82, 2.24) is 10.2 Å². The number of carboxylic acid groups (broad SMARTS) is 1. The van der Waals surface area contributed by atoms with E-state index in [1.54, 1.807) is 12.0 Å². The molecule has 0 aliphatic rings. The van der Waals surface area contributed by atoms with Gasteiger partial charge in [-0.3, -0.25) is 4.79 Å². The zero-order chi connectivity index (χ0) is 15.1. The summed E-state index contributed by atoms with van der Waals surface area (Å²) in [7, 11) is 1.56. The van der Waals surface area contributed by atoms with Crippen molar-refractivity contribution < 1.29 is 19.4 Å². The van der Waals surface area contributed by atoms with Gasteiger partial charge >= 0.3 is 12.0 Å². The highest BCUT2D eigenvalue weighted by Crippen LogP contribution is 1.93. The Labute approximate surface area is 115 Å². The number of rotatable bonds is 9. The van der Waals surface area contributed by atoms with Crippen molar-refractivity contribution in [2.45, 2.75) is 26.7 Å². The molecule has 2 amide bonds. The number of nitrogens with two attached hydrogens (primary N) is 1. The number of hydrogen-bond acceptors (Lipinski definition) is 4. The molecule has 0 saturated carbocycles. The molecule has 0 fully saturated rings. The third-order valence-electron chi connectivity index (χ3n) is 2.10. The van der Waals surface area contributed by atoms with Gasteiger partial charge in [0, 0.05) is 26.7 Å². The molecular formula is C12H27N3O4. The van der Waals surface area contributed by atoms with Crippen LogP contribution in [0.5, 0.6) is 0 Å². The fourth-order valence-electron chi connectivity index (χ4n) is 1.19. The number of hydrogen-bond donors (Lipinski definition) is 3. The first-order valence-corrected chi connectivity index (χ1v) is 6.55. The molecule has 19 heavy (non-hydrogen) atoms. The summed E-state index contributed by atoms with van der Waals surface area (Å²) in [5.41, 5.74) is 5.38. The summed E-state index contributed by atoms with van der Waals surface area (Å²) in [6.45, 7) is 6.08. The van der Waals surface area contributed by atoms with E-state index in [0.29, 0.717) is 32.7 Å². The Hall–Kier alpha value is -1.34. The lowest BCUT2D eigenvalue weighted by molar-refractivity contribution is -0.136. The van der Waals surface area contributed by atoms with Crippen LogP contribution in [-0.4, -0.2) is 61.9 Å². The summed E-state index contributed by atoms with van der Waals surface area (Å²) in [6.07, 6.45) is 0.622. The first kappa shape index (κ1) is 20.0. The van der Waals surface area contributed by atoms with Crippen LogP contribution in [0.3, 0.4) is 0 Å². The van der Waals surface area contributed by atoms with E-state index in [4.69, 9.17) is 15.6 Å². The van der Waals surface area contributed by atoms with Crippen molar-refractivity contribution in [3.63, 3.8) is 0 Å². The van der Waals surface area contributed by atoms with Gasteiger partial charge in [0.05, 0.1) is 13.0 Å². The Balaban J connectivity index is 0. The molecule has 0 radical (unpaired) electrons. The summed E-state index contributed by atoms with van der Waals surface area (Å²) in [6, 6.07) is -0.281. The number of aliphatic carboxylic acids is 1. The quantitative estimate of drug-likeness (QED) is 0.569. The zero-order valence-electron chi connectivity index (χ0n) is 12.1. The maximum atomic E-state index is 11.7. The summed E-state index contributed by atoms with van der Waals surface area (Å²) in [5.74, 6) is -0.935. The minimum absolute atomic E-state index is 0.0826. The van der Waals surface area contributed by atoms with Crippen molar-refractivity contribution in [2.24, 2.45) is 5.73 Å². The van der Waals surface area contributed by atoms with Crippen molar-refractivity contribution in [3.8, 4) is 0 Å². The topological polar surface area (TPSA) is 105 Å². The number of carboxylic acids is 1. The number of nitrogens with one attached hydrogen (secondary N) is 1. The second-order valence-electron chi connectivity index (χ2n) is 3.50. The fourth-order valence-corrected chi connectivity index (χ4v) is 1.19. The van der Waals surface area contributed by atoms with E-state index in [-0.39, 0.29) is 19.0 Å². The summed E-state index contributed by atoms with van der Waals surface area (Å²) in [5, 5.41) is 11.0. The minimum Gasteiger partial charge on any atom is -0.481 e. The van der Waals surface area contributed by atoms with Crippen LogP contribution < -0.4 is 11.1 Å². The van der Waals surface area contributed by atoms with Gasteiger partial charge < -0.3 is 25.8 Å². The number of amides is 2. The highest BCUT2D eigenvalue weighted by atomic mass is 16.5. The van der Waals surface area contributed by atoms with Crippen molar-refractivity contribution in [3.05, 3.63) is 0 Å². The smallest absolute Gasteiger partial charge is 0.317 e. The predicted molar refractivity (Wildman–Crippen MR) is 74.1 cm³/mol. The van der Waals surface area contributed by atoms with Crippen LogP contribution in [0, 0.1) is 0 Å². The van der Waals surface area contributed by atoms with Crippen molar-refractivity contribution in [2.75, 3.05) is 39.9 Å². The van der Waals surface area contributed by atoms with Gasteiger partial charge in [0.25, 0.3) is 0 Å². The largest absolute Gasteiger partial charge is 0.481 e. The van der Waals surface area contributed by atoms with E-state index in [0.717, 1.165) is 0 Å². The monoisotopic (exact) mass is 277 g/mol. The van der Waals surface area contributed by atoms with Crippen LogP contribution in [-0.2, 0) is 9.53 Å². The van der Waals surface area contributed by atoms with Crippen LogP contribution in [0.25, 0.3) is 0 Å². The zero-order valence-corrected chi connectivity index (χ0v) is 12.1. The molecule has 0 aromatic heterocycles. The second kappa shape index (κ2) is 14.7. The lowest BCUT2D eigenvalue weighted by atomic mass is 10.4. The number of urea groups is 1. The Bertz CT molecular complexity index is 229. The van der Waals surface area contributed by atoms with Crippen LogP contribution in [0.15, 0.2) is 0 Å². The molecule has 0 aliphatic heterocycles. The molecule has 4 N–H and O–H groups in total. The Kier molecular flexibility index (Phi) is 15.5. The van der Waals surface area contributed by atoms with Crippen molar-refractivity contribution in [1.29, 1.82) is 0 Å². The number of methoxy groups -OCH3 is 1. The molecule has 0 rings (SSSR count). The average Bonchev–Trinajstić information content (AvgIpc) is 2.40. The third kappa shape index (κ3) is 12.9. The SMILES string of the molecule is CC.COCCN(CCCN)C(=O)NCCC(=O)O. The molecule has 0 aromatic carbocycles. The lowest BCUT2D eigenvalue weighted by Gasteiger charge is -2.22. The molecule has 7 heteroatoms. The van der Waals surface area contributed by atoms with Crippen LogP contribution in [0.4, 0.5) is 4.79 Å². The Morgan fingerprint density at radius 1 is 1.32 bits per heavy atom. The molecule has 0 spiro atoms.